The molecule has 0 aromatic carbocycles. The lowest BCUT2D eigenvalue weighted by atomic mass is 9.98. The molecule has 1 heterocycles. The van der Waals surface area contributed by atoms with Gasteiger partial charge in [-0.2, -0.15) is 0 Å². The predicted octanol–water partition coefficient (Wildman–Crippen LogP) is 4.35. The molecule has 1 aliphatic heterocycles. The Balaban J connectivity index is 2.82. The minimum atomic E-state index is -1.81. The van der Waals surface area contributed by atoms with Crippen molar-refractivity contribution in [3.63, 3.8) is 0 Å². The van der Waals surface area contributed by atoms with Crippen molar-refractivity contribution in [2.45, 2.75) is 71.1 Å². The van der Waals surface area contributed by atoms with E-state index in [-0.39, 0.29) is 17.1 Å². The summed E-state index contributed by atoms with van der Waals surface area (Å²) in [7, 11) is -1.81. The quantitative estimate of drug-likeness (QED) is 0.539. The zero-order chi connectivity index (χ0) is 15.6. The van der Waals surface area contributed by atoms with Gasteiger partial charge in [0, 0.05) is 6.42 Å². The molecule has 20 heavy (non-hydrogen) atoms. The van der Waals surface area contributed by atoms with E-state index >= 15 is 0 Å². The highest BCUT2D eigenvalue weighted by molar-refractivity contribution is 6.74. The standard InChI is InChI=1S/C16H32O3Si/c1-9-13(2)14(12-16(6)17-10-11-18-16)19-20(7,8)15(3,4)5/h9,13-14H,1,10-12H2,2-8H3/t13-,14+/m1/s1. The van der Waals surface area contributed by atoms with E-state index < -0.39 is 14.1 Å². The summed E-state index contributed by atoms with van der Waals surface area (Å²) >= 11 is 0. The molecule has 0 aliphatic carbocycles. The van der Waals surface area contributed by atoms with E-state index in [1.54, 1.807) is 0 Å². The Morgan fingerprint density at radius 3 is 2.20 bits per heavy atom. The molecule has 0 spiro atoms. The molecule has 0 unspecified atom stereocenters. The van der Waals surface area contributed by atoms with E-state index in [9.17, 15) is 0 Å². The monoisotopic (exact) mass is 300 g/mol. The van der Waals surface area contributed by atoms with Gasteiger partial charge in [-0.25, -0.2) is 0 Å². The predicted molar refractivity (Wildman–Crippen MR) is 86.4 cm³/mol. The van der Waals surface area contributed by atoms with Crippen molar-refractivity contribution < 1.29 is 13.9 Å². The van der Waals surface area contributed by atoms with Crippen LogP contribution in [0.25, 0.3) is 0 Å². The van der Waals surface area contributed by atoms with E-state index in [0.717, 1.165) is 6.42 Å². The Bertz CT molecular complexity index is 327. The number of hydrogen-bond donors (Lipinski definition) is 0. The van der Waals surface area contributed by atoms with E-state index in [1.807, 2.05) is 13.0 Å². The Labute approximate surface area is 125 Å². The van der Waals surface area contributed by atoms with Crippen LogP contribution in [0.15, 0.2) is 12.7 Å². The van der Waals surface area contributed by atoms with Crippen LogP contribution < -0.4 is 0 Å². The summed E-state index contributed by atoms with van der Waals surface area (Å²) in [6.45, 7) is 20.8. The van der Waals surface area contributed by atoms with Gasteiger partial charge < -0.3 is 13.9 Å². The average molecular weight is 301 g/mol. The molecule has 2 atom stereocenters. The maximum Gasteiger partial charge on any atom is 0.192 e. The molecule has 0 amide bonds. The van der Waals surface area contributed by atoms with Crippen molar-refractivity contribution in [1.82, 2.24) is 0 Å². The van der Waals surface area contributed by atoms with E-state index in [1.165, 1.54) is 0 Å². The third-order valence-electron chi connectivity index (χ3n) is 4.68. The molecule has 0 aromatic heterocycles. The molecule has 0 radical (unpaired) electrons. The first-order valence-electron chi connectivity index (χ1n) is 7.59. The number of rotatable bonds is 6. The second-order valence-electron chi connectivity index (χ2n) is 7.55. The van der Waals surface area contributed by atoms with Gasteiger partial charge in [-0.3, -0.25) is 0 Å². The molecule has 1 saturated heterocycles. The van der Waals surface area contributed by atoms with Crippen LogP contribution in [-0.2, 0) is 13.9 Å². The highest BCUT2D eigenvalue weighted by Crippen LogP contribution is 2.40. The number of ether oxygens (including phenoxy) is 2. The van der Waals surface area contributed by atoms with Crippen LogP contribution in [0.2, 0.25) is 18.1 Å². The van der Waals surface area contributed by atoms with Gasteiger partial charge in [-0.1, -0.05) is 33.8 Å². The van der Waals surface area contributed by atoms with E-state index in [0.29, 0.717) is 13.2 Å². The maximum absolute atomic E-state index is 6.59. The highest BCUT2D eigenvalue weighted by Gasteiger charge is 2.43. The van der Waals surface area contributed by atoms with Crippen LogP contribution in [0.4, 0.5) is 0 Å². The van der Waals surface area contributed by atoms with Crippen molar-refractivity contribution in [2.24, 2.45) is 5.92 Å². The van der Waals surface area contributed by atoms with Gasteiger partial charge in [0.2, 0.25) is 0 Å². The Morgan fingerprint density at radius 1 is 1.30 bits per heavy atom. The summed E-state index contributed by atoms with van der Waals surface area (Å²) in [6, 6.07) is 0. The van der Waals surface area contributed by atoms with Crippen LogP contribution in [0, 0.1) is 5.92 Å². The van der Waals surface area contributed by atoms with Crippen molar-refractivity contribution in [1.29, 1.82) is 0 Å². The van der Waals surface area contributed by atoms with E-state index in [4.69, 9.17) is 13.9 Å². The largest absolute Gasteiger partial charge is 0.413 e. The third kappa shape index (κ3) is 4.42. The summed E-state index contributed by atoms with van der Waals surface area (Å²) < 4.78 is 18.1. The smallest absolute Gasteiger partial charge is 0.192 e. The molecule has 1 aliphatic rings. The third-order valence-corrected chi connectivity index (χ3v) is 9.18. The molecular weight excluding hydrogens is 268 g/mol. The van der Waals surface area contributed by atoms with Crippen molar-refractivity contribution in [3.05, 3.63) is 12.7 Å². The lowest BCUT2D eigenvalue weighted by Gasteiger charge is -2.42. The van der Waals surface area contributed by atoms with Crippen molar-refractivity contribution in [2.75, 3.05) is 13.2 Å². The molecule has 0 bridgehead atoms. The molecule has 1 rings (SSSR count). The number of hydrogen-bond acceptors (Lipinski definition) is 3. The molecule has 0 N–H and O–H groups in total. The average Bonchev–Trinajstić information content (AvgIpc) is 2.72. The summed E-state index contributed by atoms with van der Waals surface area (Å²) in [5.41, 5.74) is 0. The molecule has 3 nitrogen and oxygen atoms in total. The minimum Gasteiger partial charge on any atom is -0.413 e. The molecule has 4 heteroatoms. The fraction of sp³-hybridized carbons (Fsp3) is 0.875. The first kappa shape index (κ1) is 17.9. The van der Waals surface area contributed by atoms with Gasteiger partial charge in [0.15, 0.2) is 14.1 Å². The fourth-order valence-electron chi connectivity index (χ4n) is 2.08. The summed E-state index contributed by atoms with van der Waals surface area (Å²) in [5, 5.41) is 0.199. The second kappa shape index (κ2) is 6.30. The van der Waals surface area contributed by atoms with Gasteiger partial charge in [0.25, 0.3) is 0 Å². The SMILES string of the molecule is C=C[C@@H](C)[C@H](CC1(C)OCCO1)O[Si](C)(C)C(C)(C)C. The molecular formula is C16H32O3Si. The van der Waals surface area contributed by atoms with Gasteiger partial charge in [0.1, 0.15) is 0 Å². The summed E-state index contributed by atoms with van der Waals surface area (Å²) in [4.78, 5) is 0. The van der Waals surface area contributed by atoms with Crippen LogP contribution in [0.3, 0.4) is 0 Å². The topological polar surface area (TPSA) is 27.7 Å². The maximum atomic E-state index is 6.59. The molecule has 0 aromatic rings. The highest BCUT2D eigenvalue weighted by atomic mass is 28.4. The normalized spacial score (nSPS) is 22.6. The van der Waals surface area contributed by atoms with Crippen LogP contribution in [-0.4, -0.2) is 33.4 Å². The Morgan fingerprint density at radius 2 is 1.80 bits per heavy atom. The summed E-state index contributed by atoms with van der Waals surface area (Å²) in [6.07, 6.45) is 2.82. The van der Waals surface area contributed by atoms with Gasteiger partial charge in [0.05, 0.1) is 19.3 Å². The van der Waals surface area contributed by atoms with Gasteiger partial charge >= 0.3 is 0 Å². The van der Waals surface area contributed by atoms with Gasteiger partial charge in [-0.15, -0.1) is 6.58 Å². The minimum absolute atomic E-state index is 0.0940. The van der Waals surface area contributed by atoms with Crippen LogP contribution in [0.1, 0.15) is 41.0 Å². The Hall–Kier alpha value is -0.163. The second-order valence-corrected chi connectivity index (χ2v) is 12.3. The lowest BCUT2D eigenvalue weighted by molar-refractivity contribution is -0.163. The summed E-state index contributed by atoms with van der Waals surface area (Å²) in [5.74, 6) is -0.224. The molecule has 0 saturated carbocycles. The van der Waals surface area contributed by atoms with Crippen molar-refractivity contribution >= 4 is 8.32 Å². The van der Waals surface area contributed by atoms with Crippen molar-refractivity contribution in [3.8, 4) is 0 Å². The zero-order valence-corrected chi connectivity index (χ0v) is 15.3. The first-order chi connectivity index (χ1) is 9.01. The Kier molecular flexibility index (Phi) is 5.64. The van der Waals surface area contributed by atoms with Crippen LogP contribution in [0.5, 0.6) is 0 Å². The lowest BCUT2D eigenvalue weighted by Crippen LogP contribution is -2.47. The molecule has 118 valence electrons. The molecule has 1 fully saturated rings. The van der Waals surface area contributed by atoms with E-state index in [2.05, 4.69) is 47.4 Å². The van der Waals surface area contributed by atoms with Crippen LogP contribution >= 0.6 is 0 Å². The first-order valence-corrected chi connectivity index (χ1v) is 10.5. The van der Waals surface area contributed by atoms with Gasteiger partial charge in [-0.05, 0) is 31.0 Å². The zero-order valence-electron chi connectivity index (χ0n) is 14.3. The fourth-order valence-corrected chi connectivity index (χ4v) is 3.49.